The molecule has 2 aromatic rings. The number of anilines is 1. The molecule has 1 aliphatic rings. The monoisotopic (exact) mass is 567 g/mol. The number of carbonyl (C=O) groups is 3. The molecular weight excluding hydrogens is 522 g/mol. The summed E-state index contributed by atoms with van der Waals surface area (Å²) < 4.78 is 5.50. The van der Waals surface area contributed by atoms with Crippen LogP contribution in [0.25, 0.3) is 0 Å². The van der Waals surface area contributed by atoms with Crippen LogP contribution < -0.4 is 10.6 Å². The molecule has 0 aliphatic heterocycles. The van der Waals surface area contributed by atoms with Gasteiger partial charge in [0.05, 0.1) is 0 Å². The van der Waals surface area contributed by atoms with E-state index in [1.165, 1.54) is 0 Å². The second kappa shape index (κ2) is 14.1. The molecule has 3 rings (SSSR count). The summed E-state index contributed by atoms with van der Waals surface area (Å²) >= 11 is 1.61. The third-order valence-corrected chi connectivity index (χ3v) is 7.93. The van der Waals surface area contributed by atoms with Gasteiger partial charge in [0.1, 0.15) is 17.7 Å². The van der Waals surface area contributed by atoms with E-state index in [2.05, 4.69) is 17.6 Å². The third kappa shape index (κ3) is 8.26. The number of aryl methyl sites for hydroxylation is 3. The maximum absolute atomic E-state index is 14.4. The van der Waals surface area contributed by atoms with Crippen molar-refractivity contribution in [1.29, 1.82) is 0 Å². The van der Waals surface area contributed by atoms with E-state index < -0.39 is 23.8 Å². The van der Waals surface area contributed by atoms with Crippen molar-refractivity contribution in [3.05, 3.63) is 64.7 Å². The summed E-state index contributed by atoms with van der Waals surface area (Å²) in [6.45, 7) is 11.4. The van der Waals surface area contributed by atoms with Crippen LogP contribution in [0.15, 0.2) is 42.5 Å². The Bertz CT molecular complexity index is 1150. The predicted octanol–water partition coefficient (Wildman–Crippen LogP) is 6.57. The summed E-state index contributed by atoms with van der Waals surface area (Å²) in [5.74, 6) is 0.156. The Morgan fingerprint density at radius 3 is 2.17 bits per heavy atom. The maximum atomic E-state index is 14.4. The number of benzene rings is 2. The van der Waals surface area contributed by atoms with Gasteiger partial charge in [0.25, 0.3) is 5.91 Å². The summed E-state index contributed by atoms with van der Waals surface area (Å²) in [6.07, 6.45) is 5.26. The number of nitrogens with one attached hydrogen (secondary N) is 2. The average molecular weight is 568 g/mol. The fourth-order valence-corrected chi connectivity index (χ4v) is 5.35. The summed E-state index contributed by atoms with van der Waals surface area (Å²) in [5, 5.41) is 5.97. The Balaban J connectivity index is 2.04. The van der Waals surface area contributed by atoms with Gasteiger partial charge in [-0.2, -0.15) is 11.8 Å². The minimum atomic E-state index is -0.847. The van der Waals surface area contributed by atoms with Gasteiger partial charge in [-0.15, -0.1) is 0 Å². The van der Waals surface area contributed by atoms with Gasteiger partial charge in [0.15, 0.2) is 0 Å². The number of thioether (sulfide) groups is 1. The topological polar surface area (TPSA) is 87.7 Å². The molecule has 8 heteroatoms. The molecule has 218 valence electrons. The smallest absolute Gasteiger partial charge is 0.408 e. The highest BCUT2D eigenvalue weighted by Gasteiger charge is 2.42. The van der Waals surface area contributed by atoms with E-state index >= 15 is 0 Å². The van der Waals surface area contributed by atoms with Crippen molar-refractivity contribution in [2.24, 2.45) is 0 Å². The Morgan fingerprint density at radius 1 is 1.05 bits per heavy atom. The number of ether oxygens (including phenoxy) is 1. The first-order valence-corrected chi connectivity index (χ1v) is 15.6. The van der Waals surface area contributed by atoms with E-state index in [9.17, 15) is 14.4 Å². The van der Waals surface area contributed by atoms with E-state index in [1.54, 1.807) is 37.4 Å². The molecule has 0 aromatic heterocycles. The van der Waals surface area contributed by atoms with Crippen LogP contribution in [0, 0.1) is 13.8 Å². The lowest BCUT2D eigenvalue weighted by Crippen LogP contribution is -2.57. The van der Waals surface area contributed by atoms with Gasteiger partial charge in [0, 0.05) is 11.7 Å². The Kier molecular flexibility index (Phi) is 11.1. The summed E-state index contributed by atoms with van der Waals surface area (Å²) in [6, 6.07) is 12.1. The summed E-state index contributed by atoms with van der Waals surface area (Å²) in [4.78, 5) is 43.1. The molecular formula is C32H45N3O4S. The Hall–Kier alpha value is -3.00. The number of rotatable bonds is 11. The highest BCUT2D eigenvalue weighted by Crippen LogP contribution is 2.35. The van der Waals surface area contributed by atoms with Gasteiger partial charge in [-0.05, 0) is 101 Å². The number of amides is 3. The molecule has 1 saturated carbocycles. The first-order chi connectivity index (χ1) is 18.9. The van der Waals surface area contributed by atoms with Crippen LogP contribution in [0.3, 0.4) is 0 Å². The van der Waals surface area contributed by atoms with Crippen LogP contribution in [-0.2, 0) is 20.7 Å². The van der Waals surface area contributed by atoms with Crippen molar-refractivity contribution in [1.82, 2.24) is 10.2 Å². The summed E-state index contributed by atoms with van der Waals surface area (Å²) in [7, 11) is 0. The maximum Gasteiger partial charge on any atom is 0.408 e. The van der Waals surface area contributed by atoms with E-state index in [0.717, 1.165) is 53.6 Å². The lowest BCUT2D eigenvalue weighted by Gasteiger charge is -2.43. The number of nitrogens with zero attached hydrogens (tertiary/aromatic N) is 1. The second-order valence-electron chi connectivity index (χ2n) is 11.6. The molecule has 2 aromatic carbocycles. The molecule has 0 bridgehead atoms. The van der Waals surface area contributed by atoms with E-state index in [4.69, 9.17) is 4.74 Å². The van der Waals surface area contributed by atoms with Crippen molar-refractivity contribution in [3.63, 3.8) is 0 Å². The first kappa shape index (κ1) is 31.5. The molecule has 1 fully saturated rings. The zero-order valence-electron chi connectivity index (χ0n) is 25.0. The van der Waals surface area contributed by atoms with Gasteiger partial charge >= 0.3 is 6.09 Å². The molecule has 7 nitrogen and oxygen atoms in total. The largest absolute Gasteiger partial charge is 0.444 e. The molecule has 0 spiro atoms. The van der Waals surface area contributed by atoms with Crippen molar-refractivity contribution < 1.29 is 19.1 Å². The third-order valence-electron chi connectivity index (χ3n) is 7.28. The number of hydrogen-bond donors (Lipinski definition) is 2. The number of alkyl carbamates (subject to hydrolysis) is 1. The summed E-state index contributed by atoms with van der Waals surface area (Å²) in [5.41, 5.74) is 3.89. The zero-order chi connectivity index (χ0) is 29.4. The quantitative estimate of drug-likeness (QED) is 0.321. The minimum absolute atomic E-state index is 0.0933. The van der Waals surface area contributed by atoms with Crippen molar-refractivity contribution >= 4 is 35.4 Å². The zero-order valence-corrected chi connectivity index (χ0v) is 25.8. The highest BCUT2D eigenvalue weighted by atomic mass is 32.2. The van der Waals surface area contributed by atoms with Gasteiger partial charge in [-0.3, -0.25) is 9.59 Å². The Morgan fingerprint density at radius 2 is 1.68 bits per heavy atom. The molecule has 0 saturated heterocycles. The van der Waals surface area contributed by atoms with Crippen LogP contribution in [0.4, 0.5) is 10.5 Å². The lowest BCUT2D eigenvalue weighted by molar-refractivity contribution is -0.145. The first-order valence-electron chi connectivity index (χ1n) is 14.2. The molecule has 40 heavy (non-hydrogen) atoms. The molecule has 3 amide bonds. The Labute approximate surface area is 243 Å². The van der Waals surface area contributed by atoms with Crippen LogP contribution >= 0.6 is 11.8 Å². The standard InChI is InChI=1S/C32H45N3O4S/c1-8-23-15-17-24(18-16-23)28(29(36)34-27-21(2)11-9-12-22(27)3)35(25-13-10-14-25)30(37)26(19-20-40-7)33-31(38)39-32(4,5)6/h9,11-12,15-18,25-26,28H,8,10,13-14,19-20H2,1-7H3,(H,33,38)(H,34,36). The molecule has 2 N–H and O–H groups in total. The van der Waals surface area contributed by atoms with Crippen molar-refractivity contribution in [2.45, 2.75) is 97.4 Å². The molecule has 0 heterocycles. The van der Waals surface area contributed by atoms with Crippen LogP contribution in [0.5, 0.6) is 0 Å². The van der Waals surface area contributed by atoms with Crippen molar-refractivity contribution in [2.75, 3.05) is 17.3 Å². The normalized spacial score (nSPS) is 15.0. The second-order valence-corrected chi connectivity index (χ2v) is 12.5. The van der Waals surface area contributed by atoms with E-state index in [1.807, 2.05) is 62.6 Å². The molecule has 2 atom stereocenters. The van der Waals surface area contributed by atoms with E-state index in [0.29, 0.717) is 12.2 Å². The number of hydrogen-bond acceptors (Lipinski definition) is 5. The molecule has 2 unspecified atom stereocenters. The SMILES string of the molecule is CCc1ccc(C(C(=O)Nc2c(C)cccc2C)N(C(=O)C(CCSC)NC(=O)OC(C)(C)C)C2CCC2)cc1. The minimum Gasteiger partial charge on any atom is -0.444 e. The lowest BCUT2D eigenvalue weighted by atomic mass is 9.87. The van der Waals surface area contributed by atoms with Crippen LogP contribution in [0.2, 0.25) is 0 Å². The van der Waals surface area contributed by atoms with Crippen LogP contribution in [0.1, 0.15) is 81.7 Å². The predicted molar refractivity (Wildman–Crippen MR) is 164 cm³/mol. The van der Waals surface area contributed by atoms with Gasteiger partial charge in [-0.25, -0.2) is 4.79 Å². The van der Waals surface area contributed by atoms with Gasteiger partial charge in [0.2, 0.25) is 5.91 Å². The molecule has 1 aliphatic carbocycles. The van der Waals surface area contributed by atoms with Gasteiger partial charge < -0.3 is 20.3 Å². The fraction of sp³-hybridized carbons (Fsp3) is 0.531. The van der Waals surface area contributed by atoms with Crippen LogP contribution in [-0.4, -0.2) is 52.5 Å². The average Bonchev–Trinajstić information content (AvgIpc) is 2.86. The highest BCUT2D eigenvalue weighted by molar-refractivity contribution is 7.98. The number of para-hydroxylation sites is 1. The van der Waals surface area contributed by atoms with Crippen molar-refractivity contribution in [3.8, 4) is 0 Å². The van der Waals surface area contributed by atoms with Gasteiger partial charge in [-0.1, -0.05) is 49.4 Å². The molecule has 0 radical (unpaired) electrons. The van der Waals surface area contributed by atoms with E-state index in [-0.39, 0.29) is 17.9 Å². The fourth-order valence-electron chi connectivity index (χ4n) is 4.88. The number of carbonyl (C=O) groups excluding carboxylic acids is 3.